The predicted molar refractivity (Wildman–Crippen MR) is 88.1 cm³/mol. The maximum Gasteiger partial charge on any atom is 0.138 e. The van der Waals surface area contributed by atoms with E-state index in [2.05, 4.69) is 6.92 Å². The number of anilines is 1. The van der Waals surface area contributed by atoms with Gasteiger partial charge in [-0.15, -0.1) is 0 Å². The highest BCUT2D eigenvalue weighted by Crippen LogP contribution is 2.21. The summed E-state index contributed by atoms with van der Waals surface area (Å²) in [6.07, 6.45) is 14.7. The molecule has 0 atom stereocenters. The minimum Gasteiger partial charge on any atom is -0.506 e. The van der Waals surface area contributed by atoms with Gasteiger partial charge in [-0.25, -0.2) is 0 Å². The fourth-order valence-corrected chi connectivity index (χ4v) is 2.58. The van der Waals surface area contributed by atoms with E-state index in [9.17, 15) is 5.11 Å². The van der Waals surface area contributed by atoms with Crippen molar-refractivity contribution in [3.63, 3.8) is 0 Å². The molecular formula is C18H31NO. The first-order valence-electron chi connectivity index (χ1n) is 8.31. The fraction of sp³-hybridized carbons (Fsp3) is 0.667. The maximum absolute atomic E-state index is 9.36. The molecule has 3 N–H and O–H groups in total. The summed E-state index contributed by atoms with van der Waals surface area (Å²) in [6.45, 7) is 2.27. The third-order valence-corrected chi connectivity index (χ3v) is 3.91. The number of rotatable bonds is 11. The first-order valence-corrected chi connectivity index (χ1v) is 8.31. The van der Waals surface area contributed by atoms with Crippen molar-refractivity contribution >= 4 is 5.69 Å². The van der Waals surface area contributed by atoms with E-state index < -0.39 is 0 Å². The Kier molecular flexibility index (Phi) is 8.93. The van der Waals surface area contributed by atoms with Crippen molar-refractivity contribution in [3.8, 4) is 5.75 Å². The summed E-state index contributed by atoms with van der Waals surface area (Å²) in [7, 11) is 0. The number of phenolic OH excluding ortho intramolecular Hbond substituents is 1. The zero-order chi connectivity index (χ0) is 14.6. The molecular weight excluding hydrogens is 246 g/mol. The summed E-state index contributed by atoms with van der Waals surface area (Å²) in [4.78, 5) is 0. The second kappa shape index (κ2) is 10.6. The molecule has 0 fully saturated rings. The Morgan fingerprint density at radius 3 is 1.95 bits per heavy atom. The van der Waals surface area contributed by atoms with Gasteiger partial charge in [-0.2, -0.15) is 0 Å². The number of phenols is 1. The van der Waals surface area contributed by atoms with Crippen LogP contribution in [0, 0.1) is 0 Å². The van der Waals surface area contributed by atoms with Crippen LogP contribution in [-0.4, -0.2) is 5.11 Å². The molecule has 0 spiro atoms. The van der Waals surface area contributed by atoms with Crippen LogP contribution in [0.3, 0.4) is 0 Å². The van der Waals surface area contributed by atoms with E-state index in [0.717, 1.165) is 6.42 Å². The number of nitrogens with two attached hydrogens (primary N) is 1. The Morgan fingerprint density at radius 2 is 1.40 bits per heavy atom. The Morgan fingerprint density at radius 1 is 0.850 bits per heavy atom. The fourth-order valence-electron chi connectivity index (χ4n) is 2.58. The number of aryl methyl sites for hydroxylation is 1. The van der Waals surface area contributed by atoms with Crippen molar-refractivity contribution in [3.05, 3.63) is 23.8 Å². The smallest absolute Gasteiger partial charge is 0.138 e. The molecule has 1 aromatic rings. The zero-order valence-electron chi connectivity index (χ0n) is 13.0. The Labute approximate surface area is 124 Å². The van der Waals surface area contributed by atoms with Crippen LogP contribution in [-0.2, 0) is 6.42 Å². The molecule has 20 heavy (non-hydrogen) atoms. The van der Waals surface area contributed by atoms with Crippen LogP contribution in [0.5, 0.6) is 5.75 Å². The van der Waals surface area contributed by atoms with Crippen LogP contribution in [0.15, 0.2) is 18.2 Å². The van der Waals surface area contributed by atoms with Gasteiger partial charge < -0.3 is 10.8 Å². The topological polar surface area (TPSA) is 46.2 Å². The lowest BCUT2D eigenvalue weighted by atomic mass is 10.0. The van der Waals surface area contributed by atoms with Crippen LogP contribution < -0.4 is 5.73 Å². The summed E-state index contributed by atoms with van der Waals surface area (Å²) in [5.74, 6) is 0.192. The highest BCUT2D eigenvalue weighted by atomic mass is 16.3. The maximum atomic E-state index is 9.36. The van der Waals surface area contributed by atoms with Crippen molar-refractivity contribution in [2.24, 2.45) is 0 Å². The second-order valence-electron chi connectivity index (χ2n) is 5.83. The Bertz CT molecular complexity index is 362. The normalized spacial score (nSPS) is 10.8. The number of aromatic hydroxyl groups is 1. The molecule has 0 unspecified atom stereocenters. The van der Waals surface area contributed by atoms with E-state index in [1.807, 2.05) is 12.1 Å². The van der Waals surface area contributed by atoms with Crippen molar-refractivity contribution in [2.45, 2.75) is 77.6 Å². The highest BCUT2D eigenvalue weighted by Gasteiger charge is 1.99. The average Bonchev–Trinajstić information content (AvgIpc) is 2.45. The van der Waals surface area contributed by atoms with Crippen LogP contribution >= 0.6 is 0 Å². The molecule has 1 aromatic carbocycles. The minimum atomic E-state index is 0.192. The van der Waals surface area contributed by atoms with Crippen molar-refractivity contribution in [2.75, 3.05) is 5.73 Å². The molecule has 0 aliphatic rings. The summed E-state index contributed by atoms with van der Waals surface area (Å²) < 4.78 is 0. The Hall–Kier alpha value is -1.18. The van der Waals surface area contributed by atoms with E-state index in [1.165, 1.54) is 69.8 Å². The molecule has 0 aliphatic heterocycles. The highest BCUT2D eigenvalue weighted by molar-refractivity contribution is 5.53. The predicted octanol–water partition coefficient (Wildman–Crippen LogP) is 5.44. The zero-order valence-corrected chi connectivity index (χ0v) is 13.0. The molecule has 2 heteroatoms. The minimum absolute atomic E-state index is 0.192. The van der Waals surface area contributed by atoms with Gasteiger partial charge in [-0.05, 0) is 30.5 Å². The monoisotopic (exact) mass is 277 g/mol. The third kappa shape index (κ3) is 7.42. The number of benzene rings is 1. The summed E-state index contributed by atoms with van der Waals surface area (Å²) in [5, 5.41) is 9.36. The van der Waals surface area contributed by atoms with Crippen molar-refractivity contribution < 1.29 is 5.11 Å². The summed E-state index contributed by atoms with van der Waals surface area (Å²) in [6, 6.07) is 5.56. The van der Waals surface area contributed by atoms with E-state index in [1.54, 1.807) is 6.07 Å². The molecule has 0 aliphatic carbocycles. The largest absolute Gasteiger partial charge is 0.506 e. The van der Waals surface area contributed by atoms with Gasteiger partial charge in [0, 0.05) is 0 Å². The number of unbranched alkanes of at least 4 members (excludes halogenated alkanes) is 9. The summed E-state index contributed by atoms with van der Waals surface area (Å²) >= 11 is 0. The molecule has 0 amide bonds. The van der Waals surface area contributed by atoms with Crippen LogP contribution in [0.1, 0.15) is 76.7 Å². The van der Waals surface area contributed by atoms with Crippen LogP contribution in [0.25, 0.3) is 0 Å². The number of hydrogen-bond acceptors (Lipinski definition) is 2. The molecule has 2 nitrogen and oxygen atoms in total. The van der Waals surface area contributed by atoms with Gasteiger partial charge in [0.2, 0.25) is 0 Å². The quantitative estimate of drug-likeness (QED) is 0.321. The van der Waals surface area contributed by atoms with Crippen LogP contribution in [0.4, 0.5) is 5.69 Å². The second-order valence-corrected chi connectivity index (χ2v) is 5.83. The van der Waals surface area contributed by atoms with E-state index in [-0.39, 0.29) is 5.75 Å². The molecule has 0 bridgehead atoms. The lowest BCUT2D eigenvalue weighted by Gasteiger charge is -2.05. The SMILES string of the molecule is CCCCCCCCCCCCc1ccc(O)c(N)c1. The Balaban J connectivity index is 1.95. The van der Waals surface area contributed by atoms with Gasteiger partial charge in [-0.1, -0.05) is 70.8 Å². The molecule has 0 saturated heterocycles. The van der Waals surface area contributed by atoms with Crippen LogP contribution in [0.2, 0.25) is 0 Å². The molecule has 1 rings (SSSR count). The summed E-state index contributed by atoms with van der Waals surface area (Å²) in [5.41, 5.74) is 7.42. The molecule has 0 saturated carbocycles. The van der Waals surface area contributed by atoms with E-state index >= 15 is 0 Å². The van der Waals surface area contributed by atoms with Gasteiger partial charge >= 0.3 is 0 Å². The lowest BCUT2D eigenvalue weighted by molar-refractivity contribution is 0.477. The van der Waals surface area contributed by atoms with E-state index in [0.29, 0.717) is 5.69 Å². The molecule has 0 aromatic heterocycles. The van der Waals surface area contributed by atoms with Gasteiger partial charge in [0.05, 0.1) is 5.69 Å². The first kappa shape index (κ1) is 16.9. The third-order valence-electron chi connectivity index (χ3n) is 3.91. The first-order chi connectivity index (χ1) is 9.74. The average molecular weight is 277 g/mol. The number of hydrogen-bond donors (Lipinski definition) is 2. The lowest BCUT2D eigenvalue weighted by Crippen LogP contribution is -1.90. The van der Waals surface area contributed by atoms with Gasteiger partial charge in [0.15, 0.2) is 0 Å². The van der Waals surface area contributed by atoms with Gasteiger partial charge in [0.25, 0.3) is 0 Å². The van der Waals surface area contributed by atoms with Gasteiger partial charge in [-0.3, -0.25) is 0 Å². The van der Waals surface area contributed by atoms with Crippen molar-refractivity contribution in [1.82, 2.24) is 0 Å². The van der Waals surface area contributed by atoms with E-state index in [4.69, 9.17) is 5.73 Å². The van der Waals surface area contributed by atoms with Gasteiger partial charge in [0.1, 0.15) is 5.75 Å². The molecule has 0 heterocycles. The molecule has 114 valence electrons. The standard InChI is InChI=1S/C18H31NO/c1-2-3-4-5-6-7-8-9-10-11-12-16-13-14-18(20)17(19)15-16/h13-15,20H,2-12,19H2,1H3. The number of nitrogen functional groups attached to an aromatic ring is 1. The van der Waals surface area contributed by atoms with Crippen molar-refractivity contribution in [1.29, 1.82) is 0 Å². The molecule has 0 radical (unpaired) electrons.